The molecule has 8 heteroatoms. The van der Waals surface area contributed by atoms with E-state index in [2.05, 4.69) is 20.9 Å². The lowest BCUT2D eigenvalue weighted by molar-refractivity contribution is -0.132. The Labute approximate surface area is 214 Å². The number of aromatic nitrogens is 1. The number of halogens is 1. The zero-order valence-corrected chi connectivity index (χ0v) is 20.8. The number of fused-ring (bicyclic) bond motifs is 2. The maximum Gasteiger partial charge on any atom is 0.352 e. The van der Waals surface area contributed by atoms with Crippen molar-refractivity contribution in [3.63, 3.8) is 0 Å². The molecule has 182 valence electrons. The third-order valence-corrected chi connectivity index (χ3v) is 6.93. The first-order chi connectivity index (χ1) is 17.3. The summed E-state index contributed by atoms with van der Waals surface area (Å²) >= 11 is 3.48. The molecule has 7 nitrogen and oxygen atoms in total. The van der Waals surface area contributed by atoms with Crippen LogP contribution in [0.3, 0.4) is 0 Å². The lowest BCUT2D eigenvalue weighted by Gasteiger charge is -2.24. The molecule has 0 aliphatic heterocycles. The number of aliphatic carboxylic acids is 1. The normalized spacial score (nSPS) is 13.6. The molecule has 3 aromatic carbocycles. The number of rotatable bonds is 7. The number of aromatic carboxylic acids is 1. The van der Waals surface area contributed by atoms with Gasteiger partial charge in [0.1, 0.15) is 5.69 Å². The van der Waals surface area contributed by atoms with Gasteiger partial charge < -0.3 is 25.0 Å². The van der Waals surface area contributed by atoms with Crippen molar-refractivity contribution in [2.24, 2.45) is 0 Å². The molecule has 0 saturated heterocycles. The fourth-order valence-electron chi connectivity index (χ4n) is 5.07. The van der Waals surface area contributed by atoms with Crippen molar-refractivity contribution in [2.45, 2.75) is 19.3 Å². The Kier molecular flexibility index (Phi) is 6.05. The van der Waals surface area contributed by atoms with Crippen LogP contribution in [0.15, 0.2) is 70.7 Å². The molecule has 5 rings (SSSR count). The lowest BCUT2D eigenvalue weighted by atomic mass is 9.79. The van der Waals surface area contributed by atoms with Gasteiger partial charge in [0.05, 0.1) is 6.61 Å². The predicted octanol–water partition coefficient (Wildman–Crippen LogP) is 5.96. The Bertz CT molecular complexity index is 1570. The van der Waals surface area contributed by atoms with Gasteiger partial charge in [-0.15, -0.1) is 0 Å². The molecule has 1 atom stereocenters. The number of nitrogens with one attached hydrogen (secondary N) is 1. The SMILES string of the molecule is CCOc1cc(Br)cc(C(C2=C(C(=O)O)Cc3ccccc32)c2c(C(=O)O)[nH]c3ccccc23)c1O. The van der Waals surface area contributed by atoms with Crippen molar-refractivity contribution >= 4 is 44.3 Å². The number of H-pyrrole nitrogens is 1. The van der Waals surface area contributed by atoms with Crippen molar-refractivity contribution in [3.05, 3.63) is 98.7 Å². The minimum Gasteiger partial charge on any atom is -0.504 e. The molecule has 0 bridgehead atoms. The molecule has 0 fully saturated rings. The highest BCUT2D eigenvalue weighted by molar-refractivity contribution is 9.10. The average molecular weight is 548 g/mol. The van der Waals surface area contributed by atoms with Crippen LogP contribution in [-0.2, 0) is 11.2 Å². The second-order valence-corrected chi connectivity index (χ2v) is 9.42. The fourth-order valence-corrected chi connectivity index (χ4v) is 5.53. The van der Waals surface area contributed by atoms with Gasteiger partial charge in [-0.2, -0.15) is 0 Å². The minimum atomic E-state index is -1.19. The number of carbonyl (C=O) groups is 2. The van der Waals surface area contributed by atoms with Gasteiger partial charge in [-0.25, -0.2) is 9.59 Å². The molecule has 0 amide bonds. The Morgan fingerprint density at radius 3 is 2.50 bits per heavy atom. The number of carboxylic acids is 2. The van der Waals surface area contributed by atoms with Gasteiger partial charge in [0.2, 0.25) is 0 Å². The molecule has 36 heavy (non-hydrogen) atoms. The van der Waals surface area contributed by atoms with E-state index in [-0.39, 0.29) is 29.2 Å². The number of hydrogen-bond acceptors (Lipinski definition) is 4. The van der Waals surface area contributed by atoms with E-state index in [9.17, 15) is 24.9 Å². The largest absolute Gasteiger partial charge is 0.504 e. The quantitative estimate of drug-likeness (QED) is 0.226. The molecule has 0 radical (unpaired) electrons. The van der Waals surface area contributed by atoms with Crippen LogP contribution in [0.1, 0.15) is 45.6 Å². The van der Waals surface area contributed by atoms with Crippen molar-refractivity contribution in [3.8, 4) is 11.5 Å². The number of benzene rings is 3. The number of aromatic hydroxyl groups is 1. The van der Waals surface area contributed by atoms with Crippen LogP contribution in [0.4, 0.5) is 0 Å². The fraction of sp³-hybridized carbons (Fsp3) is 0.143. The van der Waals surface area contributed by atoms with E-state index in [4.69, 9.17) is 4.74 Å². The number of aromatic amines is 1. The summed E-state index contributed by atoms with van der Waals surface area (Å²) in [6.07, 6.45) is 0.190. The standard InChI is InChI=1S/C28H22BrNO6/c1-2-36-21-13-15(29)12-18(26(21)31)23(22-16-8-4-3-7-14(16)11-19(22)27(32)33)24-17-9-5-6-10-20(17)30-25(24)28(34)35/h3-10,12-13,23,30-31H,2,11H2,1H3,(H,32,33)(H,34,35). The van der Waals surface area contributed by atoms with Crippen molar-refractivity contribution in [2.75, 3.05) is 6.61 Å². The van der Waals surface area contributed by atoms with E-state index in [1.54, 1.807) is 43.3 Å². The molecule has 0 saturated carbocycles. The summed E-state index contributed by atoms with van der Waals surface area (Å²) in [7, 11) is 0. The first kappa shape index (κ1) is 23.7. The smallest absolute Gasteiger partial charge is 0.352 e. The van der Waals surface area contributed by atoms with Crippen LogP contribution >= 0.6 is 15.9 Å². The number of hydrogen-bond donors (Lipinski definition) is 4. The molecule has 1 unspecified atom stereocenters. The number of carboxylic acid groups (broad SMARTS) is 2. The summed E-state index contributed by atoms with van der Waals surface area (Å²) < 4.78 is 6.26. The Balaban J connectivity index is 1.94. The highest BCUT2D eigenvalue weighted by Gasteiger charge is 2.38. The topological polar surface area (TPSA) is 120 Å². The number of ether oxygens (including phenoxy) is 1. The van der Waals surface area contributed by atoms with Gasteiger partial charge >= 0.3 is 11.9 Å². The zero-order chi connectivity index (χ0) is 25.6. The van der Waals surface area contributed by atoms with Crippen molar-refractivity contribution in [1.29, 1.82) is 0 Å². The number of phenols is 1. The van der Waals surface area contributed by atoms with Crippen LogP contribution < -0.4 is 4.74 Å². The third-order valence-electron chi connectivity index (χ3n) is 6.48. The molecule has 1 aromatic heterocycles. The molecule has 0 spiro atoms. The summed E-state index contributed by atoms with van der Waals surface area (Å²) in [5.74, 6) is -3.16. The number of phenolic OH excluding ortho intramolecular Hbond substituents is 1. The van der Waals surface area contributed by atoms with Gasteiger partial charge in [0.25, 0.3) is 0 Å². The molecule has 1 aliphatic carbocycles. The number of para-hydroxylation sites is 1. The summed E-state index contributed by atoms with van der Waals surface area (Å²) in [4.78, 5) is 28.0. The van der Waals surface area contributed by atoms with E-state index in [0.29, 0.717) is 44.2 Å². The molecule has 1 aliphatic rings. The van der Waals surface area contributed by atoms with E-state index in [1.165, 1.54) is 0 Å². The summed E-state index contributed by atoms with van der Waals surface area (Å²) in [6.45, 7) is 2.09. The van der Waals surface area contributed by atoms with Crippen LogP contribution in [0.5, 0.6) is 11.5 Å². The molecular weight excluding hydrogens is 526 g/mol. The first-order valence-corrected chi connectivity index (χ1v) is 12.1. The van der Waals surface area contributed by atoms with E-state index < -0.39 is 17.9 Å². The predicted molar refractivity (Wildman–Crippen MR) is 139 cm³/mol. The third kappa shape index (κ3) is 3.83. The lowest BCUT2D eigenvalue weighted by Crippen LogP contribution is -2.13. The zero-order valence-electron chi connectivity index (χ0n) is 19.2. The van der Waals surface area contributed by atoms with Gasteiger partial charge in [0.15, 0.2) is 11.5 Å². The molecule has 4 N–H and O–H groups in total. The van der Waals surface area contributed by atoms with Crippen LogP contribution in [0.25, 0.3) is 16.5 Å². The van der Waals surface area contributed by atoms with E-state index >= 15 is 0 Å². The second-order valence-electron chi connectivity index (χ2n) is 8.50. The summed E-state index contributed by atoms with van der Waals surface area (Å²) in [5, 5.41) is 32.4. The molecule has 4 aromatic rings. The molecular formula is C28H22BrNO6. The summed E-state index contributed by atoms with van der Waals surface area (Å²) in [6, 6.07) is 17.8. The van der Waals surface area contributed by atoms with Gasteiger partial charge in [-0.3, -0.25) is 0 Å². The maximum atomic E-state index is 12.5. The number of allylic oxidation sites excluding steroid dienone is 1. The minimum absolute atomic E-state index is 0.0693. The van der Waals surface area contributed by atoms with Crippen molar-refractivity contribution < 1.29 is 29.6 Å². The van der Waals surface area contributed by atoms with Crippen LogP contribution in [-0.4, -0.2) is 38.8 Å². The Morgan fingerprint density at radius 2 is 1.78 bits per heavy atom. The molecule has 1 heterocycles. The average Bonchev–Trinajstić information content (AvgIpc) is 3.42. The maximum absolute atomic E-state index is 12.5. The Hall–Kier alpha value is -4.04. The van der Waals surface area contributed by atoms with E-state index in [1.807, 2.05) is 24.3 Å². The van der Waals surface area contributed by atoms with Crippen molar-refractivity contribution in [1.82, 2.24) is 4.98 Å². The van der Waals surface area contributed by atoms with Crippen LogP contribution in [0, 0.1) is 0 Å². The highest BCUT2D eigenvalue weighted by Crippen LogP contribution is 2.52. The van der Waals surface area contributed by atoms with E-state index in [0.717, 1.165) is 5.56 Å². The highest BCUT2D eigenvalue weighted by atomic mass is 79.9. The van der Waals surface area contributed by atoms with Crippen LogP contribution in [0.2, 0.25) is 0 Å². The summed E-state index contributed by atoms with van der Waals surface area (Å²) in [5.41, 5.74) is 3.37. The monoisotopic (exact) mass is 547 g/mol. The first-order valence-electron chi connectivity index (χ1n) is 11.4. The van der Waals surface area contributed by atoms with Gasteiger partial charge in [-0.05, 0) is 41.8 Å². The van der Waals surface area contributed by atoms with Gasteiger partial charge in [0, 0.05) is 44.4 Å². The Morgan fingerprint density at radius 1 is 1.06 bits per heavy atom. The van der Waals surface area contributed by atoms with Gasteiger partial charge in [-0.1, -0.05) is 58.4 Å². The second kappa shape index (κ2) is 9.20.